The normalized spacial score (nSPS) is 19.8. The standard InChI is InChI=1S/C64H47N3O2/c1-37-27-44(21-24-54(37)64-34-38-28-39(35-64)30-40(29-38)36-64)46-31-45(41-11-3-2-4-12-41)32-47(33-46)61-65-62(52-19-9-17-50-57-48-15-7-5-13-42(48)22-25-55(57)68-59(50)52)67-63(66-61)53-20-10-18-51-58-49-16-8-6-14-43(49)23-26-56(58)69-60(51)53/h2-27,31-33,38-40H,28-30,34-36H2,1H3. The molecule has 5 heteroatoms. The zero-order chi connectivity index (χ0) is 45.4. The van der Waals surface area contributed by atoms with Crippen LogP contribution in [-0.2, 0) is 5.41 Å². The van der Waals surface area contributed by atoms with E-state index in [0.717, 1.165) is 106 Å². The summed E-state index contributed by atoms with van der Waals surface area (Å²) in [5, 5.41) is 8.86. The van der Waals surface area contributed by atoms with Crippen molar-refractivity contribution in [2.45, 2.75) is 50.9 Å². The Balaban J connectivity index is 0.952. The number of rotatable bonds is 6. The van der Waals surface area contributed by atoms with Crippen LogP contribution >= 0.6 is 0 Å². The fourth-order valence-electron chi connectivity index (χ4n) is 13.8. The van der Waals surface area contributed by atoms with Gasteiger partial charge in [-0.05, 0) is 166 Å². The van der Waals surface area contributed by atoms with E-state index in [2.05, 4.69) is 183 Å². The van der Waals surface area contributed by atoms with Gasteiger partial charge in [-0.3, -0.25) is 0 Å². The maximum atomic E-state index is 6.82. The molecule has 4 bridgehead atoms. The lowest BCUT2D eigenvalue weighted by molar-refractivity contribution is -0.00545. The van der Waals surface area contributed by atoms with Crippen molar-refractivity contribution in [1.82, 2.24) is 15.0 Å². The van der Waals surface area contributed by atoms with Gasteiger partial charge >= 0.3 is 0 Å². The van der Waals surface area contributed by atoms with Crippen molar-refractivity contribution in [1.29, 1.82) is 0 Å². The van der Waals surface area contributed by atoms with Crippen molar-refractivity contribution >= 4 is 65.4 Å². The topological polar surface area (TPSA) is 65.0 Å². The summed E-state index contributed by atoms with van der Waals surface area (Å²) in [5.41, 5.74) is 13.5. The third kappa shape index (κ3) is 6.12. The molecule has 3 heterocycles. The van der Waals surface area contributed by atoms with E-state index >= 15 is 0 Å². The van der Waals surface area contributed by atoms with E-state index in [-0.39, 0.29) is 0 Å². The maximum Gasteiger partial charge on any atom is 0.167 e. The zero-order valence-electron chi connectivity index (χ0n) is 38.4. The average Bonchev–Trinajstić information content (AvgIpc) is 3.98. The van der Waals surface area contributed by atoms with Gasteiger partial charge in [-0.25, -0.2) is 15.0 Å². The lowest BCUT2D eigenvalue weighted by Crippen LogP contribution is -2.48. The van der Waals surface area contributed by atoms with E-state index in [0.29, 0.717) is 22.9 Å². The molecule has 0 amide bonds. The molecule has 0 spiro atoms. The van der Waals surface area contributed by atoms with Crippen LogP contribution in [0.1, 0.15) is 49.7 Å². The summed E-state index contributed by atoms with van der Waals surface area (Å²) < 4.78 is 13.6. The van der Waals surface area contributed by atoms with Gasteiger partial charge in [0.05, 0.1) is 11.1 Å². The van der Waals surface area contributed by atoms with Crippen LogP contribution in [0, 0.1) is 24.7 Å². The molecule has 69 heavy (non-hydrogen) atoms. The molecule has 4 aliphatic rings. The second-order valence-electron chi connectivity index (χ2n) is 20.6. The van der Waals surface area contributed by atoms with Gasteiger partial charge in [0.1, 0.15) is 22.3 Å². The van der Waals surface area contributed by atoms with Crippen molar-refractivity contribution in [3.63, 3.8) is 0 Å². The van der Waals surface area contributed by atoms with Gasteiger partial charge in [0.25, 0.3) is 0 Å². The van der Waals surface area contributed by atoms with Gasteiger partial charge in [-0.15, -0.1) is 0 Å². The summed E-state index contributed by atoms with van der Waals surface area (Å²) in [4.78, 5) is 16.3. The maximum absolute atomic E-state index is 6.82. The number of hydrogen-bond donors (Lipinski definition) is 0. The lowest BCUT2D eigenvalue weighted by atomic mass is 9.47. The summed E-state index contributed by atoms with van der Waals surface area (Å²) in [6, 6.07) is 62.9. The van der Waals surface area contributed by atoms with Crippen molar-refractivity contribution in [3.8, 4) is 56.4 Å². The van der Waals surface area contributed by atoms with Crippen LogP contribution in [0.25, 0.3) is 122 Å². The highest BCUT2D eigenvalue weighted by molar-refractivity contribution is 6.21. The molecule has 0 radical (unpaired) electrons. The monoisotopic (exact) mass is 889 g/mol. The number of nitrogens with zero attached hydrogens (tertiary/aromatic N) is 3. The zero-order valence-corrected chi connectivity index (χ0v) is 38.4. The minimum atomic E-state index is 0.331. The summed E-state index contributed by atoms with van der Waals surface area (Å²) >= 11 is 0. The van der Waals surface area contributed by atoms with E-state index in [9.17, 15) is 0 Å². The molecule has 12 aromatic rings. The molecule has 4 fully saturated rings. The molecule has 9 aromatic carbocycles. The quantitative estimate of drug-likeness (QED) is 0.166. The number of para-hydroxylation sites is 2. The van der Waals surface area contributed by atoms with Crippen LogP contribution in [0.5, 0.6) is 0 Å². The molecule has 330 valence electrons. The van der Waals surface area contributed by atoms with Gasteiger partial charge < -0.3 is 8.83 Å². The van der Waals surface area contributed by atoms with E-state index < -0.39 is 0 Å². The Morgan fingerprint density at radius 3 is 1.46 bits per heavy atom. The Bertz CT molecular complexity index is 3880. The summed E-state index contributed by atoms with van der Waals surface area (Å²) in [7, 11) is 0. The molecular weight excluding hydrogens is 843 g/mol. The molecule has 0 saturated heterocycles. The van der Waals surface area contributed by atoms with Gasteiger partial charge in [-0.1, -0.05) is 133 Å². The van der Waals surface area contributed by atoms with E-state index in [1.807, 2.05) is 0 Å². The molecule has 5 nitrogen and oxygen atoms in total. The van der Waals surface area contributed by atoms with Gasteiger partial charge in [0, 0.05) is 27.1 Å². The third-order valence-electron chi connectivity index (χ3n) is 16.4. The van der Waals surface area contributed by atoms with Crippen molar-refractivity contribution in [2.24, 2.45) is 17.8 Å². The Morgan fingerprint density at radius 2 is 0.899 bits per heavy atom. The fraction of sp³-hybridized carbons (Fsp3) is 0.172. The van der Waals surface area contributed by atoms with Crippen LogP contribution < -0.4 is 0 Å². The first kappa shape index (κ1) is 39.1. The Labute approximate surface area is 399 Å². The summed E-state index contributed by atoms with van der Waals surface area (Å²) in [6.07, 6.45) is 8.40. The molecule has 0 atom stereocenters. The molecule has 0 unspecified atom stereocenters. The summed E-state index contributed by atoms with van der Waals surface area (Å²) in [5.74, 6) is 4.33. The first-order chi connectivity index (χ1) is 34.0. The highest BCUT2D eigenvalue weighted by Gasteiger charge is 2.52. The van der Waals surface area contributed by atoms with Crippen LogP contribution in [-0.4, -0.2) is 15.0 Å². The minimum Gasteiger partial charge on any atom is -0.455 e. The number of furan rings is 2. The van der Waals surface area contributed by atoms with E-state index in [4.69, 9.17) is 23.8 Å². The number of benzene rings is 9. The van der Waals surface area contributed by atoms with Gasteiger partial charge in [-0.2, -0.15) is 0 Å². The predicted molar refractivity (Wildman–Crippen MR) is 281 cm³/mol. The average molecular weight is 890 g/mol. The Kier molecular flexibility index (Phi) is 8.40. The molecule has 0 aliphatic heterocycles. The number of fused-ring (bicyclic) bond motifs is 10. The largest absolute Gasteiger partial charge is 0.455 e. The Morgan fingerprint density at radius 1 is 0.406 bits per heavy atom. The lowest BCUT2D eigenvalue weighted by Gasteiger charge is -2.57. The van der Waals surface area contributed by atoms with Gasteiger partial charge in [0.2, 0.25) is 0 Å². The molecule has 4 saturated carbocycles. The second kappa shape index (κ2) is 14.8. The smallest absolute Gasteiger partial charge is 0.167 e. The highest BCUT2D eigenvalue weighted by Crippen LogP contribution is 2.61. The third-order valence-corrected chi connectivity index (χ3v) is 16.4. The number of aromatic nitrogens is 3. The van der Waals surface area contributed by atoms with Crippen LogP contribution in [0.15, 0.2) is 185 Å². The first-order valence-electron chi connectivity index (χ1n) is 24.7. The van der Waals surface area contributed by atoms with E-state index in [1.54, 1.807) is 5.56 Å². The minimum absolute atomic E-state index is 0.331. The SMILES string of the molecule is Cc1cc(-c2cc(-c3ccccc3)cc(-c3nc(-c4cccc5c4oc4ccc6ccccc6c45)nc(-c4cccc5c4oc4ccc6ccccc6c45)n3)c2)ccc1C12CC3CC(CC(C3)C1)C2. The second-order valence-corrected chi connectivity index (χ2v) is 20.6. The van der Waals surface area contributed by atoms with Crippen LogP contribution in [0.4, 0.5) is 0 Å². The predicted octanol–water partition coefficient (Wildman–Crippen LogP) is 17.1. The number of aryl methyl sites for hydroxylation is 1. The molecule has 4 aliphatic carbocycles. The summed E-state index contributed by atoms with van der Waals surface area (Å²) in [6.45, 7) is 2.35. The highest BCUT2D eigenvalue weighted by atomic mass is 16.3. The van der Waals surface area contributed by atoms with Crippen LogP contribution in [0.3, 0.4) is 0 Å². The van der Waals surface area contributed by atoms with Gasteiger partial charge in [0.15, 0.2) is 17.5 Å². The molecule has 0 N–H and O–H groups in total. The van der Waals surface area contributed by atoms with Crippen molar-refractivity contribution in [2.75, 3.05) is 0 Å². The molecule has 3 aromatic heterocycles. The molecular formula is C64H47N3O2. The van der Waals surface area contributed by atoms with Crippen LogP contribution in [0.2, 0.25) is 0 Å². The fourth-order valence-corrected chi connectivity index (χ4v) is 13.8. The van der Waals surface area contributed by atoms with Crippen molar-refractivity contribution < 1.29 is 8.83 Å². The first-order valence-corrected chi connectivity index (χ1v) is 24.7. The molecule has 16 rings (SSSR count). The van der Waals surface area contributed by atoms with Crippen molar-refractivity contribution in [3.05, 3.63) is 187 Å². The Hall–Kier alpha value is -7.89. The van der Waals surface area contributed by atoms with E-state index in [1.165, 1.54) is 60.4 Å². The number of hydrogen-bond acceptors (Lipinski definition) is 5.